The summed E-state index contributed by atoms with van der Waals surface area (Å²) in [5.41, 5.74) is 7.21. The Hall–Kier alpha value is -3.85. The maximum atomic E-state index is 12.4. The van der Waals surface area contributed by atoms with Gasteiger partial charge in [0, 0.05) is 5.56 Å². The van der Waals surface area contributed by atoms with E-state index in [9.17, 15) is 18.0 Å². The summed E-state index contributed by atoms with van der Waals surface area (Å²) in [7, 11) is 1.58. The van der Waals surface area contributed by atoms with Crippen LogP contribution in [-0.4, -0.2) is 86.0 Å². The molecule has 3 aromatic carbocycles. The van der Waals surface area contributed by atoms with Gasteiger partial charge in [-0.25, -0.2) is 14.7 Å². The van der Waals surface area contributed by atoms with Crippen molar-refractivity contribution in [3.63, 3.8) is 0 Å². The molecule has 43 heavy (non-hydrogen) atoms. The number of hydrazone groups is 1. The molecule has 220 valence electrons. The Morgan fingerprint density at radius 1 is 1.07 bits per heavy atom. The van der Waals surface area contributed by atoms with E-state index in [1.54, 1.807) is 37.6 Å². The van der Waals surface area contributed by atoms with Crippen molar-refractivity contribution in [3.8, 4) is 28.6 Å². The summed E-state index contributed by atoms with van der Waals surface area (Å²) in [6.45, 7) is 3.78. The molecule has 0 bridgehead atoms. The van der Waals surface area contributed by atoms with Crippen LogP contribution in [-0.2, 0) is 4.79 Å². The van der Waals surface area contributed by atoms with Crippen LogP contribution in [0.4, 0.5) is 18.9 Å². The number of hydrogen-bond donors (Lipinski definition) is 2. The van der Waals surface area contributed by atoms with Crippen LogP contribution in [0, 0.1) is 13.8 Å². The Kier molecular flexibility index (Phi) is 11.8. The zero-order valence-corrected chi connectivity index (χ0v) is 23.4. The molecule has 0 aliphatic heterocycles. The van der Waals surface area contributed by atoms with Gasteiger partial charge in [-0.15, -0.1) is 18.3 Å². The number of aliphatic imine (C=N–C) groups is 1. The number of rotatable bonds is 9. The number of nitrogens with one attached hydrogen (secondary N) is 1. The van der Waals surface area contributed by atoms with Crippen molar-refractivity contribution in [2.75, 3.05) is 12.9 Å². The van der Waals surface area contributed by atoms with Crippen LogP contribution in [0.25, 0.3) is 17.1 Å². The molecular weight excluding hydrogens is 596 g/mol. The van der Waals surface area contributed by atoms with E-state index in [1.807, 2.05) is 26.0 Å². The number of carbonyl (C=O) groups is 1. The van der Waals surface area contributed by atoms with E-state index in [4.69, 9.17) is 9.84 Å². The van der Waals surface area contributed by atoms with Crippen LogP contribution >= 0.6 is 11.8 Å². The molecule has 4 aromatic rings. The first-order valence-corrected chi connectivity index (χ1v) is 13.2. The molecule has 2 N–H and O–H groups in total. The van der Waals surface area contributed by atoms with Gasteiger partial charge in [0.15, 0.2) is 11.0 Å². The molecule has 0 unspecified atom stereocenters. The van der Waals surface area contributed by atoms with E-state index in [1.165, 1.54) is 35.3 Å². The Labute approximate surface area is 271 Å². The van der Waals surface area contributed by atoms with Gasteiger partial charge in [0.2, 0.25) is 0 Å². The normalized spacial score (nSPS) is 11.7. The third kappa shape index (κ3) is 9.85. The minimum atomic E-state index is -4.76. The third-order valence-electron chi connectivity index (χ3n) is 5.62. The number of carboxylic acids is 1. The van der Waals surface area contributed by atoms with Gasteiger partial charge in [0.25, 0.3) is 0 Å². The molecule has 0 fully saturated rings. The van der Waals surface area contributed by atoms with Gasteiger partial charge >= 0.3 is 41.9 Å². The van der Waals surface area contributed by atoms with Crippen molar-refractivity contribution in [2.24, 2.45) is 10.1 Å². The predicted molar refractivity (Wildman–Crippen MR) is 161 cm³/mol. The molecule has 0 saturated heterocycles. The summed E-state index contributed by atoms with van der Waals surface area (Å²) in [5, 5.41) is 18.1. The topological polar surface area (TPSA) is 123 Å². The van der Waals surface area contributed by atoms with E-state index >= 15 is 0 Å². The average molecular weight is 623 g/mol. The molecule has 0 aliphatic carbocycles. The van der Waals surface area contributed by atoms with E-state index in [-0.39, 0.29) is 41.1 Å². The van der Waals surface area contributed by atoms with Crippen LogP contribution in [0.1, 0.15) is 16.7 Å². The monoisotopic (exact) mass is 622 g/mol. The first-order chi connectivity index (χ1) is 20.0. The summed E-state index contributed by atoms with van der Waals surface area (Å²) >= 11 is 1.01. The second kappa shape index (κ2) is 15.0. The van der Waals surface area contributed by atoms with E-state index in [0.717, 1.165) is 28.5 Å². The summed E-state index contributed by atoms with van der Waals surface area (Å²) < 4.78 is 47.8. The van der Waals surface area contributed by atoms with Crippen LogP contribution in [0.15, 0.2) is 77.1 Å². The Morgan fingerprint density at radius 3 is 2.30 bits per heavy atom. The Balaban J connectivity index is 0.00000506. The van der Waals surface area contributed by atoms with Gasteiger partial charge in [-0.2, -0.15) is 5.10 Å². The molecule has 1 aromatic heterocycles. The standard InChI is InChI=1S/C28H25F3N6O4S.Na.H/c1-17-12-23(40-3)13-18(2)25(17)34-27(42-15-24(38)39)35-33-14-19-4-6-20(7-5-19)26-32-16-37(36-26)21-8-10-22(11-9-21)41-28(29,30)31;;/h4-14,16H,15H2,1-3H3,(H,34,35)(H,38,39);;. The molecule has 0 amide bonds. The fraction of sp³-hybridized carbons (Fsp3) is 0.179. The second-order valence-corrected chi connectivity index (χ2v) is 9.72. The first-order valence-electron chi connectivity index (χ1n) is 12.3. The minimum absolute atomic E-state index is 0. The maximum absolute atomic E-state index is 12.4. The van der Waals surface area contributed by atoms with Crippen molar-refractivity contribution < 1.29 is 32.5 Å². The van der Waals surface area contributed by atoms with Crippen LogP contribution in [0.3, 0.4) is 0 Å². The molecule has 0 spiro atoms. The van der Waals surface area contributed by atoms with Gasteiger partial charge < -0.3 is 14.6 Å². The zero-order chi connectivity index (χ0) is 30.3. The van der Waals surface area contributed by atoms with Crippen molar-refractivity contribution >= 4 is 64.4 Å². The number of carboxylic acid groups (broad SMARTS) is 1. The molecule has 15 heteroatoms. The van der Waals surface area contributed by atoms with Crippen molar-refractivity contribution in [2.45, 2.75) is 20.2 Å². The molecule has 4 rings (SSSR count). The van der Waals surface area contributed by atoms with Crippen LogP contribution in [0.2, 0.25) is 0 Å². The number of amidine groups is 1. The van der Waals surface area contributed by atoms with Crippen molar-refractivity contribution in [3.05, 3.63) is 83.7 Å². The molecule has 1 heterocycles. The van der Waals surface area contributed by atoms with E-state index in [2.05, 4.69) is 30.3 Å². The SMILES string of the molecule is COc1cc(C)c(N=C(NN=Cc2ccc(-c3ncn(-c4ccc(OC(F)(F)F)cc4)n3)cc2)SCC(=O)O)c(C)c1.[NaH]. The number of aromatic nitrogens is 3. The van der Waals surface area contributed by atoms with Gasteiger partial charge in [-0.05, 0) is 66.9 Å². The van der Waals surface area contributed by atoms with Crippen molar-refractivity contribution in [1.29, 1.82) is 0 Å². The summed E-state index contributed by atoms with van der Waals surface area (Å²) in [6.07, 6.45) is -1.75. The summed E-state index contributed by atoms with van der Waals surface area (Å²) in [5.74, 6) is -0.398. The fourth-order valence-electron chi connectivity index (χ4n) is 3.73. The molecule has 0 aliphatic rings. The van der Waals surface area contributed by atoms with Gasteiger partial charge in [0.1, 0.15) is 17.8 Å². The van der Waals surface area contributed by atoms with Gasteiger partial charge in [-0.3, -0.25) is 10.2 Å². The number of methoxy groups -OCH3 is 1. The number of nitrogens with zero attached hydrogens (tertiary/aromatic N) is 5. The number of hydrogen-bond acceptors (Lipinski definition) is 8. The van der Waals surface area contributed by atoms with Crippen LogP contribution < -0.4 is 14.9 Å². The number of thioether (sulfide) groups is 1. The third-order valence-corrected chi connectivity index (χ3v) is 6.46. The molecule has 10 nitrogen and oxygen atoms in total. The molecule has 0 radical (unpaired) electrons. The number of aliphatic carboxylic acids is 1. The molecule has 0 saturated carbocycles. The number of ether oxygens (including phenoxy) is 2. The Morgan fingerprint density at radius 2 is 1.72 bits per heavy atom. The number of halogens is 3. The summed E-state index contributed by atoms with van der Waals surface area (Å²) in [4.78, 5) is 20.0. The number of alkyl halides is 3. The van der Waals surface area contributed by atoms with Crippen LogP contribution in [0.5, 0.6) is 11.5 Å². The molecule has 0 atom stereocenters. The van der Waals surface area contributed by atoms with Gasteiger partial charge in [-0.1, -0.05) is 36.0 Å². The molecular formula is C28H26F3N6NaO4S. The zero-order valence-electron chi connectivity index (χ0n) is 22.6. The summed E-state index contributed by atoms with van der Waals surface area (Å²) in [6, 6.07) is 16.1. The average Bonchev–Trinajstić information content (AvgIpc) is 3.43. The van der Waals surface area contributed by atoms with E-state index in [0.29, 0.717) is 33.7 Å². The van der Waals surface area contributed by atoms with Crippen molar-refractivity contribution in [1.82, 2.24) is 20.2 Å². The fourth-order valence-corrected chi connectivity index (χ4v) is 4.27. The van der Waals surface area contributed by atoms with Gasteiger partial charge in [0.05, 0.1) is 30.5 Å². The Bertz CT molecular complexity index is 1590. The second-order valence-electron chi connectivity index (χ2n) is 8.76. The quantitative estimate of drug-likeness (QED) is 0.113. The van der Waals surface area contributed by atoms with E-state index < -0.39 is 12.3 Å². The first kappa shape index (κ1) is 33.6. The number of benzene rings is 3. The number of aryl methyl sites for hydroxylation is 2. The predicted octanol–water partition coefficient (Wildman–Crippen LogP) is 5.24.